The van der Waals surface area contributed by atoms with E-state index in [9.17, 15) is 13.2 Å². The number of thiophene rings is 1. The van der Waals surface area contributed by atoms with Gasteiger partial charge in [-0.2, -0.15) is 4.31 Å². The molecule has 0 aliphatic rings. The van der Waals surface area contributed by atoms with Gasteiger partial charge >= 0.3 is 5.97 Å². The molecule has 102 valence electrons. The molecule has 0 aliphatic heterocycles. The molecule has 0 unspecified atom stereocenters. The number of sulfonamides is 1. The Bertz CT molecular complexity index is 519. The first-order valence-electron chi connectivity index (χ1n) is 5.61. The first kappa shape index (κ1) is 15.1. The first-order chi connectivity index (χ1) is 8.28. The van der Waals surface area contributed by atoms with Crippen LogP contribution in [0, 0.1) is 0 Å². The molecule has 5 nitrogen and oxygen atoms in total. The molecule has 0 amide bonds. The van der Waals surface area contributed by atoms with Crippen LogP contribution in [0.1, 0.15) is 25.6 Å². The van der Waals surface area contributed by atoms with E-state index in [-0.39, 0.29) is 4.21 Å². The van der Waals surface area contributed by atoms with Crippen LogP contribution in [0.2, 0.25) is 0 Å². The van der Waals surface area contributed by atoms with Crippen LogP contribution in [0.4, 0.5) is 0 Å². The summed E-state index contributed by atoms with van der Waals surface area (Å²) in [5.74, 6) is -1.15. The van der Waals surface area contributed by atoms with Crippen molar-refractivity contribution in [1.82, 2.24) is 4.31 Å². The van der Waals surface area contributed by atoms with Gasteiger partial charge in [0.05, 0.1) is 0 Å². The highest BCUT2D eigenvalue weighted by molar-refractivity contribution is 7.91. The Morgan fingerprint density at radius 1 is 1.44 bits per heavy atom. The van der Waals surface area contributed by atoms with Crippen molar-refractivity contribution in [2.45, 2.75) is 37.4 Å². The molecule has 0 radical (unpaired) electrons. The average molecular weight is 291 g/mol. The fraction of sp³-hybridized carbons (Fsp3) is 0.545. The molecule has 1 heterocycles. The lowest BCUT2D eigenvalue weighted by atomic mass is 10.4. The van der Waals surface area contributed by atoms with Gasteiger partial charge < -0.3 is 5.11 Å². The summed E-state index contributed by atoms with van der Waals surface area (Å²) in [5.41, 5.74) is 0. The van der Waals surface area contributed by atoms with Crippen molar-refractivity contribution >= 4 is 27.3 Å². The summed E-state index contributed by atoms with van der Waals surface area (Å²) in [6.07, 6.45) is 0.765. The van der Waals surface area contributed by atoms with Gasteiger partial charge in [-0.05, 0) is 32.4 Å². The Morgan fingerprint density at radius 3 is 2.44 bits per heavy atom. The molecule has 1 aromatic rings. The zero-order valence-corrected chi connectivity index (χ0v) is 12.2. The Balaban J connectivity index is 3.12. The van der Waals surface area contributed by atoms with E-state index < -0.39 is 28.6 Å². The van der Waals surface area contributed by atoms with Crippen molar-refractivity contribution in [3.05, 3.63) is 17.0 Å². The molecule has 0 aromatic carbocycles. The molecule has 1 N–H and O–H groups in total. The van der Waals surface area contributed by atoms with E-state index in [4.69, 9.17) is 5.11 Å². The second-order valence-electron chi connectivity index (χ2n) is 4.11. The second-order valence-corrected chi connectivity index (χ2v) is 7.40. The molecule has 0 saturated heterocycles. The molecule has 18 heavy (non-hydrogen) atoms. The number of aryl methyl sites for hydroxylation is 1. The topological polar surface area (TPSA) is 74.7 Å². The Hall–Kier alpha value is -0.920. The molecule has 0 bridgehead atoms. The summed E-state index contributed by atoms with van der Waals surface area (Å²) >= 11 is 1.19. The summed E-state index contributed by atoms with van der Waals surface area (Å²) in [6.45, 7) is 4.75. The SMILES string of the molecule is CCc1ccc(S(=O)(=O)N(CC(=O)O)C(C)C)s1. The minimum absolute atomic E-state index is 0.203. The number of carboxylic acid groups (broad SMARTS) is 1. The predicted molar refractivity (Wildman–Crippen MR) is 70.4 cm³/mol. The number of rotatable bonds is 6. The largest absolute Gasteiger partial charge is 0.480 e. The van der Waals surface area contributed by atoms with Crippen LogP contribution in [0.3, 0.4) is 0 Å². The summed E-state index contributed by atoms with van der Waals surface area (Å²) in [6, 6.07) is 2.91. The van der Waals surface area contributed by atoms with Crippen LogP contribution in [-0.4, -0.2) is 36.4 Å². The van der Waals surface area contributed by atoms with Gasteiger partial charge in [-0.3, -0.25) is 4.79 Å². The Morgan fingerprint density at radius 2 is 2.06 bits per heavy atom. The minimum Gasteiger partial charge on any atom is -0.480 e. The Labute approximate surface area is 111 Å². The van der Waals surface area contributed by atoms with Crippen molar-refractivity contribution in [2.75, 3.05) is 6.54 Å². The number of nitrogens with zero attached hydrogens (tertiary/aromatic N) is 1. The number of carboxylic acids is 1. The normalized spacial score (nSPS) is 12.3. The molecular weight excluding hydrogens is 274 g/mol. The molecule has 0 fully saturated rings. The van der Waals surface area contributed by atoms with Gasteiger partial charge in [0.15, 0.2) is 0 Å². The molecule has 1 aromatic heterocycles. The molecule has 0 aliphatic carbocycles. The van der Waals surface area contributed by atoms with Gasteiger partial charge in [0.2, 0.25) is 0 Å². The summed E-state index contributed by atoms with van der Waals surface area (Å²) in [7, 11) is -3.71. The monoisotopic (exact) mass is 291 g/mol. The van der Waals surface area contributed by atoms with Crippen molar-refractivity contribution < 1.29 is 18.3 Å². The van der Waals surface area contributed by atoms with E-state index in [1.54, 1.807) is 19.9 Å². The highest BCUT2D eigenvalue weighted by Gasteiger charge is 2.30. The van der Waals surface area contributed by atoms with E-state index in [0.29, 0.717) is 0 Å². The van der Waals surface area contributed by atoms with Gasteiger partial charge in [-0.1, -0.05) is 6.92 Å². The van der Waals surface area contributed by atoms with Gasteiger partial charge in [0.25, 0.3) is 10.0 Å². The molecule has 0 atom stereocenters. The average Bonchev–Trinajstić information content (AvgIpc) is 2.74. The quantitative estimate of drug-likeness (QED) is 0.867. The van der Waals surface area contributed by atoms with Crippen molar-refractivity contribution in [3.8, 4) is 0 Å². The van der Waals surface area contributed by atoms with Crippen LogP contribution in [0.25, 0.3) is 0 Å². The minimum atomic E-state index is -3.71. The smallest absolute Gasteiger partial charge is 0.318 e. The fourth-order valence-electron chi connectivity index (χ4n) is 1.48. The van der Waals surface area contributed by atoms with E-state index in [2.05, 4.69) is 0 Å². The third-order valence-electron chi connectivity index (χ3n) is 2.42. The zero-order chi connectivity index (χ0) is 13.9. The maximum absolute atomic E-state index is 12.3. The highest BCUT2D eigenvalue weighted by atomic mass is 32.2. The van der Waals surface area contributed by atoms with Gasteiger partial charge in [-0.15, -0.1) is 11.3 Å². The molecule has 1 rings (SSSR count). The Kier molecular flexibility index (Phi) is 4.89. The summed E-state index contributed by atoms with van der Waals surface area (Å²) < 4.78 is 25.8. The highest BCUT2D eigenvalue weighted by Crippen LogP contribution is 2.26. The number of hydrogen-bond donors (Lipinski definition) is 1. The lowest BCUT2D eigenvalue weighted by Crippen LogP contribution is -2.40. The molecular formula is C11H17NO4S2. The maximum atomic E-state index is 12.3. The van der Waals surface area contributed by atoms with Crippen LogP contribution < -0.4 is 0 Å². The zero-order valence-electron chi connectivity index (χ0n) is 10.6. The van der Waals surface area contributed by atoms with E-state index in [1.165, 1.54) is 17.4 Å². The van der Waals surface area contributed by atoms with Gasteiger partial charge in [0.1, 0.15) is 10.8 Å². The summed E-state index contributed by atoms with van der Waals surface area (Å²) in [5, 5.41) is 8.79. The lowest BCUT2D eigenvalue weighted by molar-refractivity contribution is -0.137. The number of aliphatic carboxylic acids is 1. The standard InChI is InChI=1S/C11H17NO4S2/c1-4-9-5-6-11(17-9)18(15,16)12(8(2)3)7-10(13)14/h5-6,8H,4,7H2,1-3H3,(H,13,14). The second kappa shape index (κ2) is 5.81. The van der Waals surface area contributed by atoms with Gasteiger partial charge in [0, 0.05) is 10.9 Å². The van der Waals surface area contributed by atoms with Crippen molar-refractivity contribution in [2.24, 2.45) is 0 Å². The fourth-order valence-corrected chi connectivity index (χ4v) is 4.49. The molecule has 0 saturated carbocycles. The molecule has 7 heteroatoms. The van der Waals surface area contributed by atoms with E-state index in [1.807, 2.05) is 6.92 Å². The number of carbonyl (C=O) groups is 1. The third kappa shape index (κ3) is 3.30. The van der Waals surface area contributed by atoms with E-state index >= 15 is 0 Å². The molecule has 0 spiro atoms. The van der Waals surface area contributed by atoms with Crippen molar-refractivity contribution in [1.29, 1.82) is 0 Å². The van der Waals surface area contributed by atoms with Crippen LogP contribution >= 0.6 is 11.3 Å². The van der Waals surface area contributed by atoms with Crippen LogP contribution in [0.15, 0.2) is 16.3 Å². The predicted octanol–water partition coefficient (Wildman–Crippen LogP) is 1.79. The first-order valence-corrected chi connectivity index (χ1v) is 7.87. The van der Waals surface area contributed by atoms with Crippen LogP contribution in [-0.2, 0) is 21.2 Å². The van der Waals surface area contributed by atoms with Crippen molar-refractivity contribution in [3.63, 3.8) is 0 Å². The van der Waals surface area contributed by atoms with Gasteiger partial charge in [-0.25, -0.2) is 8.42 Å². The number of hydrogen-bond acceptors (Lipinski definition) is 4. The van der Waals surface area contributed by atoms with Crippen LogP contribution in [0.5, 0.6) is 0 Å². The van der Waals surface area contributed by atoms with E-state index in [0.717, 1.165) is 15.6 Å². The third-order valence-corrected chi connectivity index (χ3v) is 6.13. The lowest BCUT2D eigenvalue weighted by Gasteiger charge is -2.23. The maximum Gasteiger partial charge on any atom is 0.318 e. The summed E-state index contributed by atoms with van der Waals surface area (Å²) in [4.78, 5) is 11.7.